The average Bonchev–Trinajstić information content (AvgIpc) is 2.63. The third kappa shape index (κ3) is 4.27. The first-order chi connectivity index (χ1) is 9.77. The quantitative estimate of drug-likeness (QED) is 0.666. The Bertz CT molecular complexity index is 448. The van der Waals surface area contributed by atoms with Crippen molar-refractivity contribution in [1.82, 2.24) is 15.5 Å². The first-order valence-electron chi connectivity index (χ1n) is 7.19. The van der Waals surface area contributed by atoms with Crippen LogP contribution in [-0.2, 0) is 14.4 Å². The molecule has 0 spiro atoms. The molecule has 4 amide bonds. The van der Waals surface area contributed by atoms with Gasteiger partial charge in [-0.3, -0.25) is 19.3 Å². The predicted octanol–water partition coefficient (Wildman–Crippen LogP) is 0.437. The van der Waals surface area contributed by atoms with Gasteiger partial charge in [-0.2, -0.15) is 0 Å². The molecular weight excluding hydrogens is 274 g/mol. The van der Waals surface area contributed by atoms with Crippen LogP contribution in [0.25, 0.3) is 0 Å². The van der Waals surface area contributed by atoms with Gasteiger partial charge in [0.1, 0.15) is 12.6 Å². The Kier molecular flexibility index (Phi) is 5.87. The number of carbonyl (C=O) groups is 4. The lowest BCUT2D eigenvalue weighted by Gasteiger charge is -2.21. The highest BCUT2D eigenvalue weighted by atomic mass is 16.2. The number of carbonyl (C=O) groups excluding carboxylic acids is 4. The molecule has 0 aromatic carbocycles. The van der Waals surface area contributed by atoms with Crippen LogP contribution in [0.3, 0.4) is 0 Å². The fourth-order valence-corrected chi connectivity index (χ4v) is 2.31. The summed E-state index contributed by atoms with van der Waals surface area (Å²) in [5.41, 5.74) is 0. The molecule has 2 N–H and O–H groups in total. The summed E-state index contributed by atoms with van der Waals surface area (Å²) >= 11 is 0. The van der Waals surface area contributed by atoms with Gasteiger partial charge in [0.15, 0.2) is 5.78 Å². The smallest absolute Gasteiger partial charge is 0.325 e. The molecule has 1 heterocycles. The normalized spacial score (nSPS) is 19.7. The first-order valence-corrected chi connectivity index (χ1v) is 7.19. The molecule has 118 valence electrons. The van der Waals surface area contributed by atoms with Gasteiger partial charge in [0, 0.05) is 0 Å². The molecule has 0 saturated carbocycles. The topological polar surface area (TPSA) is 95.6 Å². The van der Waals surface area contributed by atoms with Gasteiger partial charge in [-0.25, -0.2) is 4.79 Å². The molecule has 0 aromatic rings. The van der Waals surface area contributed by atoms with Crippen LogP contribution < -0.4 is 10.6 Å². The lowest BCUT2D eigenvalue weighted by Crippen LogP contribution is -2.48. The van der Waals surface area contributed by atoms with Crippen molar-refractivity contribution in [2.75, 3.05) is 6.54 Å². The van der Waals surface area contributed by atoms with Crippen molar-refractivity contribution >= 4 is 23.6 Å². The van der Waals surface area contributed by atoms with Gasteiger partial charge in [-0.1, -0.05) is 27.2 Å². The van der Waals surface area contributed by atoms with Crippen LogP contribution in [0.15, 0.2) is 0 Å². The van der Waals surface area contributed by atoms with Crippen LogP contribution in [0.1, 0.15) is 40.5 Å². The summed E-state index contributed by atoms with van der Waals surface area (Å²) in [5, 5.41) is 5.12. The van der Waals surface area contributed by atoms with Crippen LogP contribution in [0, 0.1) is 5.92 Å². The highest BCUT2D eigenvalue weighted by Gasteiger charge is 2.38. The molecule has 7 heteroatoms. The molecular formula is C14H23N3O4. The summed E-state index contributed by atoms with van der Waals surface area (Å²) in [7, 11) is 0. The van der Waals surface area contributed by atoms with E-state index in [2.05, 4.69) is 10.6 Å². The van der Waals surface area contributed by atoms with E-state index in [9.17, 15) is 19.2 Å². The van der Waals surface area contributed by atoms with Crippen LogP contribution in [0.4, 0.5) is 4.79 Å². The van der Waals surface area contributed by atoms with E-state index in [4.69, 9.17) is 0 Å². The molecule has 7 nitrogen and oxygen atoms in total. The van der Waals surface area contributed by atoms with Gasteiger partial charge in [0.05, 0.1) is 6.04 Å². The van der Waals surface area contributed by atoms with Crippen LogP contribution >= 0.6 is 0 Å². The van der Waals surface area contributed by atoms with Gasteiger partial charge < -0.3 is 10.6 Å². The molecule has 0 aromatic heterocycles. The second kappa shape index (κ2) is 7.19. The van der Waals surface area contributed by atoms with Crippen molar-refractivity contribution in [2.45, 2.75) is 52.6 Å². The number of urea groups is 1. The lowest BCUT2D eigenvalue weighted by atomic mass is 10.0. The van der Waals surface area contributed by atoms with Crippen LogP contribution in [-0.4, -0.2) is 47.2 Å². The number of imide groups is 1. The summed E-state index contributed by atoms with van der Waals surface area (Å²) < 4.78 is 0. The Morgan fingerprint density at radius 2 is 1.95 bits per heavy atom. The second-order valence-corrected chi connectivity index (χ2v) is 5.61. The van der Waals surface area contributed by atoms with Gasteiger partial charge in [0.2, 0.25) is 5.91 Å². The second-order valence-electron chi connectivity index (χ2n) is 5.61. The van der Waals surface area contributed by atoms with E-state index in [1.807, 2.05) is 20.8 Å². The van der Waals surface area contributed by atoms with Crippen molar-refractivity contribution in [1.29, 1.82) is 0 Å². The standard InChI is InChI=1S/C14H23N3O4/c1-5-6-10-13(20)17(14(21)15-10)7-11(19)16-12(8(2)3)9(4)18/h8,10,12H,5-7H2,1-4H3,(H,15,21)(H,16,19). The number of amides is 4. The maximum Gasteiger partial charge on any atom is 0.325 e. The van der Waals surface area contributed by atoms with E-state index in [0.717, 1.165) is 11.3 Å². The van der Waals surface area contributed by atoms with E-state index in [1.165, 1.54) is 6.92 Å². The van der Waals surface area contributed by atoms with Gasteiger partial charge in [-0.15, -0.1) is 0 Å². The summed E-state index contributed by atoms with van der Waals surface area (Å²) in [5.74, 6) is -1.10. The Morgan fingerprint density at radius 1 is 1.33 bits per heavy atom. The van der Waals surface area contributed by atoms with Crippen LogP contribution in [0.2, 0.25) is 0 Å². The number of ketones is 1. The fraction of sp³-hybridized carbons (Fsp3) is 0.714. The number of hydrogen-bond donors (Lipinski definition) is 2. The number of nitrogens with one attached hydrogen (secondary N) is 2. The van der Waals surface area contributed by atoms with Crippen LogP contribution in [0.5, 0.6) is 0 Å². The minimum atomic E-state index is -0.607. The molecule has 2 atom stereocenters. The molecule has 1 aliphatic rings. The molecule has 2 unspecified atom stereocenters. The number of hydrogen-bond acceptors (Lipinski definition) is 4. The molecule has 0 bridgehead atoms. The minimum Gasteiger partial charge on any atom is -0.344 e. The highest BCUT2D eigenvalue weighted by molar-refractivity contribution is 6.06. The Labute approximate surface area is 124 Å². The Balaban J connectivity index is 2.64. The van der Waals surface area contributed by atoms with Gasteiger partial charge in [0.25, 0.3) is 5.91 Å². The van der Waals surface area contributed by atoms with Gasteiger partial charge in [-0.05, 0) is 19.3 Å². The molecule has 1 saturated heterocycles. The van der Waals surface area contributed by atoms with E-state index < -0.39 is 24.0 Å². The number of Topliss-reactive ketones (excluding diaryl/α,β-unsaturated/α-hetero) is 1. The molecule has 1 aliphatic heterocycles. The molecule has 0 radical (unpaired) electrons. The van der Waals surface area contributed by atoms with E-state index >= 15 is 0 Å². The Hall–Kier alpha value is -1.92. The van der Waals surface area contributed by atoms with Gasteiger partial charge >= 0.3 is 6.03 Å². The van der Waals surface area contributed by atoms with Crippen molar-refractivity contribution in [3.8, 4) is 0 Å². The predicted molar refractivity (Wildman–Crippen MR) is 76.4 cm³/mol. The fourth-order valence-electron chi connectivity index (χ4n) is 2.31. The number of rotatable bonds is 7. The van der Waals surface area contributed by atoms with Crippen molar-refractivity contribution < 1.29 is 19.2 Å². The summed E-state index contributed by atoms with van der Waals surface area (Å²) in [4.78, 5) is 48.0. The minimum absolute atomic E-state index is 0.0533. The third-order valence-electron chi connectivity index (χ3n) is 3.41. The summed E-state index contributed by atoms with van der Waals surface area (Å²) in [6, 6.07) is -1.72. The molecule has 1 fully saturated rings. The zero-order chi connectivity index (χ0) is 16.2. The summed E-state index contributed by atoms with van der Waals surface area (Å²) in [6.07, 6.45) is 1.31. The third-order valence-corrected chi connectivity index (χ3v) is 3.41. The average molecular weight is 297 g/mol. The zero-order valence-corrected chi connectivity index (χ0v) is 12.9. The van der Waals surface area contributed by atoms with Crippen molar-refractivity contribution in [2.24, 2.45) is 5.92 Å². The SMILES string of the molecule is CCCC1NC(=O)N(CC(=O)NC(C(C)=O)C(C)C)C1=O. The lowest BCUT2D eigenvalue weighted by molar-refractivity contribution is -0.133. The maximum atomic E-state index is 12.0. The molecule has 21 heavy (non-hydrogen) atoms. The monoisotopic (exact) mass is 297 g/mol. The first kappa shape index (κ1) is 17.1. The van der Waals surface area contributed by atoms with E-state index in [-0.39, 0.29) is 24.2 Å². The van der Waals surface area contributed by atoms with Crippen molar-refractivity contribution in [3.63, 3.8) is 0 Å². The molecule has 0 aliphatic carbocycles. The Morgan fingerprint density at radius 3 is 2.43 bits per heavy atom. The number of nitrogens with zero attached hydrogens (tertiary/aromatic N) is 1. The summed E-state index contributed by atoms with van der Waals surface area (Å²) in [6.45, 7) is 6.58. The van der Waals surface area contributed by atoms with Crippen molar-refractivity contribution in [3.05, 3.63) is 0 Å². The largest absolute Gasteiger partial charge is 0.344 e. The van der Waals surface area contributed by atoms with E-state index in [0.29, 0.717) is 6.42 Å². The van der Waals surface area contributed by atoms with E-state index in [1.54, 1.807) is 0 Å². The zero-order valence-electron chi connectivity index (χ0n) is 12.9. The molecule has 1 rings (SSSR count). The maximum absolute atomic E-state index is 12.0. The highest BCUT2D eigenvalue weighted by Crippen LogP contribution is 2.11.